The molecule has 1 atom stereocenters. The van der Waals surface area contributed by atoms with Crippen LogP contribution in [0.1, 0.15) is 32.6 Å². The quantitative estimate of drug-likeness (QED) is 0.418. The summed E-state index contributed by atoms with van der Waals surface area (Å²) < 4.78 is 9.92. The summed E-state index contributed by atoms with van der Waals surface area (Å²) in [6.45, 7) is 2.49. The lowest BCUT2D eigenvalue weighted by Crippen LogP contribution is -2.19. The Kier molecular flexibility index (Phi) is 8.88. The molecule has 3 heteroatoms. The third-order valence-corrected chi connectivity index (χ3v) is 1.70. The lowest BCUT2D eigenvalue weighted by molar-refractivity contribution is -0.157. The minimum absolute atomic E-state index is 0.315. The number of rotatable bonds is 8. The van der Waals surface area contributed by atoms with Crippen LogP contribution in [0.15, 0.2) is 0 Å². The average Bonchev–Trinajstić information content (AvgIpc) is 2.11. The number of hydrogen-bond donors (Lipinski definition) is 0. The Morgan fingerprint density at radius 3 is 2.50 bits per heavy atom. The number of methoxy groups -OCH3 is 1. The van der Waals surface area contributed by atoms with Crippen molar-refractivity contribution in [3.8, 4) is 0 Å². The second-order valence-electron chi connectivity index (χ2n) is 2.76. The highest BCUT2D eigenvalue weighted by atomic mass is 16.7. The van der Waals surface area contributed by atoms with E-state index in [9.17, 15) is 5.11 Å². The van der Waals surface area contributed by atoms with E-state index in [2.05, 4.69) is 6.92 Å². The largest absolute Gasteiger partial charge is 0.353 e. The Morgan fingerprint density at radius 2 is 2.00 bits per heavy atom. The molecule has 73 valence electrons. The monoisotopic (exact) mass is 175 g/mol. The first kappa shape index (κ1) is 11.9. The zero-order chi connectivity index (χ0) is 9.23. The van der Waals surface area contributed by atoms with Crippen LogP contribution in [-0.4, -0.2) is 26.6 Å². The molecule has 12 heavy (non-hydrogen) atoms. The van der Waals surface area contributed by atoms with Gasteiger partial charge in [-0.3, -0.25) is 0 Å². The van der Waals surface area contributed by atoms with Gasteiger partial charge in [-0.15, -0.1) is 0 Å². The SMILES string of the molecule is CCCCCCOC(C[O])OC. The van der Waals surface area contributed by atoms with Gasteiger partial charge in [-0.2, -0.15) is 0 Å². The van der Waals surface area contributed by atoms with Crippen LogP contribution >= 0.6 is 0 Å². The van der Waals surface area contributed by atoms with Crippen LogP contribution in [0.3, 0.4) is 0 Å². The average molecular weight is 175 g/mol. The Hall–Kier alpha value is -0.120. The van der Waals surface area contributed by atoms with Gasteiger partial charge in [-0.05, 0) is 6.42 Å². The molecule has 0 aliphatic rings. The Morgan fingerprint density at radius 1 is 1.25 bits per heavy atom. The van der Waals surface area contributed by atoms with Crippen molar-refractivity contribution in [2.45, 2.75) is 38.9 Å². The van der Waals surface area contributed by atoms with Crippen molar-refractivity contribution in [3.05, 3.63) is 0 Å². The zero-order valence-electron chi connectivity index (χ0n) is 8.04. The zero-order valence-corrected chi connectivity index (χ0v) is 8.04. The van der Waals surface area contributed by atoms with E-state index < -0.39 is 6.29 Å². The van der Waals surface area contributed by atoms with Crippen molar-refractivity contribution in [3.63, 3.8) is 0 Å². The molecule has 0 saturated carbocycles. The fourth-order valence-electron chi connectivity index (χ4n) is 0.928. The van der Waals surface area contributed by atoms with Crippen LogP contribution in [0, 0.1) is 0 Å². The molecule has 1 unspecified atom stereocenters. The first-order valence-corrected chi connectivity index (χ1v) is 4.57. The predicted molar refractivity (Wildman–Crippen MR) is 46.4 cm³/mol. The summed E-state index contributed by atoms with van der Waals surface area (Å²) in [6, 6.07) is 0. The Balaban J connectivity index is 3.06. The molecule has 3 nitrogen and oxygen atoms in total. The topological polar surface area (TPSA) is 38.4 Å². The number of unbranched alkanes of at least 4 members (excludes halogenated alkanes) is 3. The van der Waals surface area contributed by atoms with E-state index in [1.165, 1.54) is 26.4 Å². The van der Waals surface area contributed by atoms with E-state index >= 15 is 0 Å². The predicted octanol–water partition coefficient (Wildman–Crippen LogP) is 1.99. The van der Waals surface area contributed by atoms with Gasteiger partial charge in [0.1, 0.15) is 6.61 Å². The molecule has 0 bridgehead atoms. The molecule has 0 aliphatic heterocycles. The van der Waals surface area contributed by atoms with E-state index in [0.717, 1.165) is 6.42 Å². The van der Waals surface area contributed by atoms with Gasteiger partial charge in [0, 0.05) is 13.7 Å². The van der Waals surface area contributed by atoms with Gasteiger partial charge < -0.3 is 9.47 Å². The molecule has 0 rings (SSSR count). The van der Waals surface area contributed by atoms with E-state index in [1.807, 2.05) is 0 Å². The molecular weight excluding hydrogens is 156 g/mol. The van der Waals surface area contributed by atoms with E-state index in [0.29, 0.717) is 6.61 Å². The smallest absolute Gasteiger partial charge is 0.183 e. The van der Waals surface area contributed by atoms with Gasteiger partial charge >= 0.3 is 0 Å². The van der Waals surface area contributed by atoms with Crippen molar-refractivity contribution in [1.29, 1.82) is 0 Å². The minimum Gasteiger partial charge on any atom is -0.353 e. The summed E-state index contributed by atoms with van der Waals surface area (Å²) in [5.74, 6) is 0. The van der Waals surface area contributed by atoms with E-state index in [1.54, 1.807) is 0 Å². The fourth-order valence-corrected chi connectivity index (χ4v) is 0.928. The molecule has 1 radical (unpaired) electrons. The summed E-state index contributed by atoms with van der Waals surface area (Å²) in [5.41, 5.74) is 0. The maximum atomic E-state index is 10.3. The highest BCUT2D eigenvalue weighted by Gasteiger charge is 2.04. The van der Waals surface area contributed by atoms with Gasteiger partial charge in [-0.25, -0.2) is 5.11 Å². The van der Waals surface area contributed by atoms with Gasteiger partial charge in [-0.1, -0.05) is 26.2 Å². The van der Waals surface area contributed by atoms with Gasteiger partial charge in [0.05, 0.1) is 0 Å². The summed E-state index contributed by atoms with van der Waals surface area (Å²) in [4.78, 5) is 0. The highest BCUT2D eigenvalue weighted by Crippen LogP contribution is 2.01. The van der Waals surface area contributed by atoms with E-state index in [-0.39, 0.29) is 6.61 Å². The number of ether oxygens (including phenoxy) is 2. The summed E-state index contributed by atoms with van der Waals surface area (Å²) in [5, 5.41) is 10.3. The number of hydrogen-bond acceptors (Lipinski definition) is 2. The molecule has 0 aromatic rings. The molecule has 0 aliphatic carbocycles. The van der Waals surface area contributed by atoms with Crippen LogP contribution in [0.5, 0.6) is 0 Å². The van der Waals surface area contributed by atoms with Gasteiger partial charge in [0.2, 0.25) is 0 Å². The van der Waals surface area contributed by atoms with Crippen LogP contribution < -0.4 is 0 Å². The molecule has 0 fully saturated rings. The van der Waals surface area contributed by atoms with E-state index in [4.69, 9.17) is 9.47 Å². The standard InChI is InChI=1S/C9H19O3/c1-3-4-5-6-7-12-9(8-10)11-2/h9H,3-8H2,1-2H3. The Bertz CT molecular complexity index is 81.8. The molecular formula is C9H19O3. The first-order valence-electron chi connectivity index (χ1n) is 4.57. The maximum Gasteiger partial charge on any atom is 0.183 e. The van der Waals surface area contributed by atoms with Crippen molar-refractivity contribution < 1.29 is 14.6 Å². The lowest BCUT2D eigenvalue weighted by atomic mass is 10.2. The Labute approximate surface area is 74.7 Å². The lowest BCUT2D eigenvalue weighted by Gasteiger charge is -2.11. The van der Waals surface area contributed by atoms with Crippen LogP contribution in [0.25, 0.3) is 0 Å². The maximum absolute atomic E-state index is 10.3. The molecule has 0 spiro atoms. The molecule has 0 heterocycles. The molecule has 0 saturated heterocycles. The van der Waals surface area contributed by atoms with Gasteiger partial charge in [0.15, 0.2) is 6.29 Å². The summed E-state index contributed by atoms with van der Waals surface area (Å²) >= 11 is 0. The molecule has 0 aromatic carbocycles. The van der Waals surface area contributed by atoms with Crippen molar-refractivity contribution >= 4 is 0 Å². The molecule has 0 aromatic heterocycles. The van der Waals surface area contributed by atoms with Crippen LogP contribution in [0.2, 0.25) is 0 Å². The molecule has 0 amide bonds. The van der Waals surface area contributed by atoms with Crippen molar-refractivity contribution in [2.24, 2.45) is 0 Å². The summed E-state index contributed by atoms with van der Waals surface area (Å²) in [7, 11) is 1.49. The second kappa shape index (κ2) is 8.97. The third-order valence-electron chi connectivity index (χ3n) is 1.70. The second-order valence-corrected chi connectivity index (χ2v) is 2.76. The normalized spacial score (nSPS) is 13.2. The van der Waals surface area contributed by atoms with Gasteiger partial charge in [0.25, 0.3) is 0 Å². The van der Waals surface area contributed by atoms with Crippen LogP contribution in [0.4, 0.5) is 0 Å². The van der Waals surface area contributed by atoms with Crippen LogP contribution in [-0.2, 0) is 14.6 Å². The first-order chi connectivity index (χ1) is 5.85. The minimum atomic E-state index is -0.549. The highest BCUT2D eigenvalue weighted by molar-refractivity contribution is 4.42. The summed E-state index contributed by atoms with van der Waals surface area (Å²) in [6.07, 6.45) is 4.10. The fraction of sp³-hybridized carbons (Fsp3) is 1.00. The van der Waals surface area contributed by atoms with Crippen molar-refractivity contribution in [1.82, 2.24) is 0 Å². The van der Waals surface area contributed by atoms with Crippen molar-refractivity contribution in [2.75, 3.05) is 20.3 Å². The third kappa shape index (κ3) is 6.58. The molecule has 0 N–H and O–H groups in total.